The average Bonchev–Trinajstić information content (AvgIpc) is 3.08. The number of nitrogens with one attached hydrogen (secondary N) is 1. The molecule has 12 nitrogen and oxygen atoms in total. The van der Waals surface area contributed by atoms with Crippen molar-refractivity contribution >= 4 is 24.8 Å². The molecule has 1 N–H and O–H groups in total. The molecule has 1 aliphatic rings. The van der Waals surface area contributed by atoms with Gasteiger partial charge in [-0.2, -0.15) is 0 Å². The van der Waals surface area contributed by atoms with Crippen molar-refractivity contribution in [3.8, 4) is 0 Å². The first-order chi connectivity index (χ1) is 14.8. The van der Waals surface area contributed by atoms with Gasteiger partial charge in [0.25, 0.3) is 5.56 Å². The van der Waals surface area contributed by atoms with E-state index in [4.69, 9.17) is 14.8 Å². The Morgan fingerprint density at radius 2 is 2.16 bits per heavy atom. The van der Waals surface area contributed by atoms with Gasteiger partial charge in [0, 0.05) is 34.3 Å². The van der Waals surface area contributed by atoms with Gasteiger partial charge in [0.05, 0.1) is 25.4 Å². The zero-order chi connectivity index (χ0) is 24.1. The molecule has 2 rings (SSSR count). The molecule has 1 aliphatic heterocycles. The lowest BCUT2D eigenvalue weighted by Crippen LogP contribution is -2.33. The molecule has 2 heterocycles. The first kappa shape index (κ1) is 26.3. The molecule has 1 aromatic rings. The van der Waals surface area contributed by atoms with Gasteiger partial charge in [-0.05, 0) is 12.5 Å². The number of H-pyrrole nitrogens is 1. The fraction of sp³-hybridized carbons (Fsp3) is 0.706. The molecule has 1 fully saturated rings. The SMILES string of the molecule is Cc1cn([C@H]2C[C@H](N=[N+]=[N-])[C@@H](COP(=O)(F)OCCSC(=O)C(C)(C)C)O2)c(=O)[nH]c1=O. The largest absolute Gasteiger partial charge is 0.513 e. The van der Waals surface area contributed by atoms with Crippen LogP contribution in [0.5, 0.6) is 0 Å². The van der Waals surface area contributed by atoms with Crippen LogP contribution in [0.4, 0.5) is 4.20 Å². The maximum Gasteiger partial charge on any atom is 0.513 e. The first-order valence-corrected chi connectivity index (χ1v) is 12.0. The van der Waals surface area contributed by atoms with Gasteiger partial charge in [-0.3, -0.25) is 28.2 Å². The molecular formula is C17H25FN5O7PS. The van der Waals surface area contributed by atoms with E-state index in [9.17, 15) is 23.1 Å². The van der Waals surface area contributed by atoms with Gasteiger partial charge in [0.1, 0.15) is 6.23 Å². The number of hydrogen-bond donors (Lipinski definition) is 1. The Bertz CT molecular complexity index is 1050. The fourth-order valence-corrected chi connectivity index (χ4v) is 4.34. The number of azide groups is 1. The molecule has 4 atom stereocenters. The summed E-state index contributed by atoms with van der Waals surface area (Å²) in [5, 5.41) is 3.44. The third-order valence-corrected chi connectivity index (χ3v) is 6.62. The highest BCUT2D eigenvalue weighted by Crippen LogP contribution is 2.50. The third-order valence-electron chi connectivity index (χ3n) is 4.43. The number of hydrogen-bond acceptors (Lipinski definition) is 9. The van der Waals surface area contributed by atoms with Crippen LogP contribution in [-0.4, -0.2) is 45.8 Å². The number of aromatic amines is 1. The van der Waals surface area contributed by atoms with Crippen molar-refractivity contribution in [2.45, 2.75) is 52.5 Å². The van der Waals surface area contributed by atoms with E-state index in [1.54, 1.807) is 20.8 Å². The van der Waals surface area contributed by atoms with Crippen molar-refractivity contribution in [1.29, 1.82) is 0 Å². The van der Waals surface area contributed by atoms with Crippen molar-refractivity contribution < 1.29 is 27.3 Å². The highest BCUT2D eigenvalue weighted by molar-refractivity contribution is 8.13. The van der Waals surface area contributed by atoms with E-state index < -0.39 is 49.6 Å². The second-order valence-corrected chi connectivity index (χ2v) is 10.5. The molecule has 0 saturated carbocycles. The van der Waals surface area contributed by atoms with Gasteiger partial charge in [0.2, 0.25) is 0 Å². The molecule has 178 valence electrons. The summed E-state index contributed by atoms with van der Waals surface area (Å²) >= 11 is 0.931. The van der Waals surface area contributed by atoms with Gasteiger partial charge in [-0.15, -0.1) is 4.20 Å². The van der Waals surface area contributed by atoms with Crippen LogP contribution in [-0.2, 0) is 23.1 Å². The predicted molar refractivity (Wildman–Crippen MR) is 115 cm³/mol. The number of aromatic nitrogens is 2. The Kier molecular flexibility index (Phi) is 8.86. The summed E-state index contributed by atoms with van der Waals surface area (Å²) in [4.78, 5) is 40.3. The van der Waals surface area contributed by atoms with Gasteiger partial charge in [-0.1, -0.05) is 37.6 Å². The number of thioether (sulfide) groups is 1. The lowest BCUT2D eigenvalue weighted by Gasteiger charge is -2.18. The van der Waals surface area contributed by atoms with Crippen LogP contribution in [0.3, 0.4) is 0 Å². The van der Waals surface area contributed by atoms with Crippen LogP contribution in [0.1, 0.15) is 39.0 Å². The number of carbonyl (C=O) groups is 1. The second-order valence-electron chi connectivity index (χ2n) is 8.06. The Morgan fingerprint density at radius 3 is 2.78 bits per heavy atom. The Balaban J connectivity index is 1.95. The summed E-state index contributed by atoms with van der Waals surface area (Å²) < 4.78 is 42.2. The van der Waals surface area contributed by atoms with Crippen molar-refractivity contribution in [3.63, 3.8) is 0 Å². The van der Waals surface area contributed by atoms with E-state index >= 15 is 0 Å². The first-order valence-electron chi connectivity index (χ1n) is 9.62. The lowest BCUT2D eigenvalue weighted by atomic mass is 10.00. The molecular weight excluding hydrogens is 468 g/mol. The summed E-state index contributed by atoms with van der Waals surface area (Å²) in [7, 11) is -4.96. The van der Waals surface area contributed by atoms with E-state index in [0.717, 1.165) is 16.3 Å². The van der Waals surface area contributed by atoms with Gasteiger partial charge >= 0.3 is 13.6 Å². The van der Waals surface area contributed by atoms with Crippen LogP contribution in [0.25, 0.3) is 10.4 Å². The van der Waals surface area contributed by atoms with Crippen LogP contribution in [0, 0.1) is 12.3 Å². The van der Waals surface area contributed by atoms with E-state index in [2.05, 4.69) is 19.5 Å². The minimum absolute atomic E-state index is 0.0481. The summed E-state index contributed by atoms with van der Waals surface area (Å²) in [5.41, 5.74) is 7.19. The van der Waals surface area contributed by atoms with E-state index in [0.29, 0.717) is 0 Å². The summed E-state index contributed by atoms with van der Waals surface area (Å²) in [5.74, 6) is 0.0885. The van der Waals surface area contributed by atoms with Crippen molar-refractivity contribution in [2.75, 3.05) is 19.0 Å². The number of halogens is 1. The topological polar surface area (TPSA) is 165 Å². The maximum absolute atomic E-state index is 14.2. The maximum atomic E-state index is 14.2. The van der Waals surface area contributed by atoms with Crippen molar-refractivity contribution in [3.05, 3.63) is 43.0 Å². The number of aryl methyl sites for hydroxylation is 1. The Hall–Kier alpha value is -1.95. The van der Waals surface area contributed by atoms with Gasteiger partial charge < -0.3 is 4.74 Å². The molecule has 0 spiro atoms. The van der Waals surface area contributed by atoms with E-state index in [1.165, 1.54) is 13.1 Å². The summed E-state index contributed by atoms with van der Waals surface area (Å²) in [6.45, 7) is 5.83. The van der Waals surface area contributed by atoms with Crippen LogP contribution in [0.2, 0.25) is 0 Å². The van der Waals surface area contributed by atoms with Crippen LogP contribution in [0.15, 0.2) is 20.9 Å². The molecule has 32 heavy (non-hydrogen) atoms. The van der Waals surface area contributed by atoms with Gasteiger partial charge in [-0.25, -0.2) is 9.36 Å². The second kappa shape index (κ2) is 10.8. The molecule has 0 bridgehead atoms. The predicted octanol–water partition coefficient (Wildman–Crippen LogP) is 3.23. The molecule has 15 heteroatoms. The van der Waals surface area contributed by atoms with Crippen LogP contribution >= 0.6 is 19.7 Å². The Labute approximate surface area is 187 Å². The lowest BCUT2D eigenvalue weighted by molar-refractivity contribution is -0.117. The quantitative estimate of drug-likeness (QED) is 0.180. The fourth-order valence-electron chi connectivity index (χ4n) is 2.72. The third kappa shape index (κ3) is 7.29. The number of rotatable bonds is 9. The zero-order valence-corrected chi connectivity index (χ0v) is 19.7. The minimum atomic E-state index is -4.96. The van der Waals surface area contributed by atoms with Gasteiger partial charge in [0.15, 0.2) is 5.12 Å². The van der Waals surface area contributed by atoms with Crippen LogP contribution < -0.4 is 11.2 Å². The highest BCUT2D eigenvalue weighted by atomic mass is 32.2. The Morgan fingerprint density at radius 1 is 1.47 bits per heavy atom. The zero-order valence-electron chi connectivity index (χ0n) is 18.0. The molecule has 0 aromatic carbocycles. The standard InChI is InChI=1S/C17H25FN5O7PS/c1-10-8-23(16(26)20-14(10)24)13-7-11(21-22-19)12(30-13)9-29-31(18,27)28-5-6-32-15(25)17(2,3)4/h8,11-13H,5-7,9H2,1-4H3,(H,20,24,26)/t11-,12+,13+,31?/m0/s1. The molecule has 0 aliphatic carbocycles. The summed E-state index contributed by atoms with van der Waals surface area (Å²) in [6.07, 6.45) is -0.588. The normalized spacial score (nSPS) is 22.8. The number of ether oxygens (including phenoxy) is 1. The minimum Gasteiger partial charge on any atom is -0.352 e. The molecule has 1 aromatic heterocycles. The molecule has 0 radical (unpaired) electrons. The average molecular weight is 493 g/mol. The smallest absolute Gasteiger partial charge is 0.352 e. The molecule has 0 amide bonds. The monoisotopic (exact) mass is 493 g/mol. The van der Waals surface area contributed by atoms with Crippen molar-refractivity contribution in [1.82, 2.24) is 9.55 Å². The summed E-state index contributed by atoms with van der Waals surface area (Å²) in [6, 6.07) is -0.843. The highest BCUT2D eigenvalue weighted by Gasteiger charge is 2.38. The van der Waals surface area contributed by atoms with Crippen molar-refractivity contribution in [2.24, 2.45) is 10.5 Å². The molecule has 1 unspecified atom stereocenters. The van der Waals surface area contributed by atoms with E-state index in [-0.39, 0.29) is 29.5 Å². The number of carbonyl (C=O) groups excluding carboxylic acids is 1. The number of nitrogens with zero attached hydrogens (tertiary/aromatic N) is 4. The molecule has 1 saturated heterocycles. The van der Waals surface area contributed by atoms with E-state index in [1.807, 2.05) is 0 Å².